The van der Waals surface area contributed by atoms with Gasteiger partial charge in [-0.15, -0.1) is 0 Å². The average molecular weight is 563 g/mol. The molecule has 4 aromatic rings. The van der Waals surface area contributed by atoms with E-state index < -0.39 is 17.6 Å². The maximum absolute atomic E-state index is 14.0. The van der Waals surface area contributed by atoms with Gasteiger partial charge in [-0.3, -0.25) is 9.69 Å². The van der Waals surface area contributed by atoms with E-state index in [1.807, 2.05) is 18.9 Å². The summed E-state index contributed by atoms with van der Waals surface area (Å²) in [5, 5.41) is 5.94. The lowest BCUT2D eigenvalue weighted by molar-refractivity contribution is -0.138. The molecular formula is C29H29F3N8O. The van der Waals surface area contributed by atoms with Crippen LogP contribution in [-0.2, 0) is 12.7 Å². The Labute approximate surface area is 235 Å². The molecule has 2 aromatic heterocycles. The van der Waals surface area contributed by atoms with Gasteiger partial charge in [0.1, 0.15) is 18.5 Å². The minimum atomic E-state index is -4.58. The number of rotatable bonds is 7. The van der Waals surface area contributed by atoms with Crippen LogP contribution in [0.5, 0.6) is 0 Å². The third-order valence-electron chi connectivity index (χ3n) is 6.95. The molecule has 12 heteroatoms. The van der Waals surface area contributed by atoms with Crippen LogP contribution in [-0.4, -0.2) is 68.9 Å². The van der Waals surface area contributed by atoms with Crippen molar-refractivity contribution in [3.05, 3.63) is 89.8 Å². The molecule has 1 aliphatic heterocycles. The molecule has 212 valence electrons. The molecule has 0 radical (unpaired) electrons. The number of carbonyl (C=O) groups excluding carboxylic acids is 1. The van der Waals surface area contributed by atoms with Crippen molar-refractivity contribution in [2.45, 2.75) is 19.6 Å². The Bertz CT molecular complexity index is 1520. The van der Waals surface area contributed by atoms with Gasteiger partial charge in [0.2, 0.25) is 0 Å². The number of hydrogen-bond acceptors (Lipinski definition) is 8. The minimum Gasteiger partial charge on any atom is -0.340 e. The van der Waals surface area contributed by atoms with Gasteiger partial charge in [-0.1, -0.05) is 12.1 Å². The molecule has 0 unspecified atom stereocenters. The monoisotopic (exact) mass is 562 g/mol. The first-order valence-corrected chi connectivity index (χ1v) is 13.0. The Morgan fingerprint density at radius 3 is 2.44 bits per heavy atom. The Balaban J connectivity index is 1.32. The van der Waals surface area contributed by atoms with Gasteiger partial charge in [0, 0.05) is 73.7 Å². The van der Waals surface area contributed by atoms with Crippen LogP contribution >= 0.6 is 0 Å². The molecule has 1 amide bonds. The van der Waals surface area contributed by atoms with Crippen LogP contribution < -0.4 is 10.6 Å². The molecule has 0 saturated carbocycles. The maximum atomic E-state index is 14.0. The van der Waals surface area contributed by atoms with E-state index in [4.69, 9.17) is 0 Å². The first-order chi connectivity index (χ1) is 19.7. The van der Waals surface area contributed by atoms with Crippen LogP contribution in [0, 0.1) is 6.92 Å². The number of carbonyl (C=O) groups is 1. The van der Waals surface area contributed by atoms with Crippen molar-refractivity contribution in [3.8, 4) is 11.3 Å². The number of halogens is 3. The van der Waals surface area contributed by atoms with E-state index in [2.05, 4.69) is 35.5 Å². The highest BCUT2D eigenvalue weighted by Gasteiger charge is 2.34. The molecule has 5 rings (SSSR count). The second-order valence-corrected chi connectivity index (χ2v) is 9.97. The van der Waals surface area contributed by atoms with Crippen molar-refractivity contribution < 1.29 is 18.0 Å². The van der Waals surface area contributed by atoms with Crippen LogP contribution in [0.1, 0.15) is 27.0 Å². The topological polar surface area (TPSA) is 99.2 Å². The molecule has 3 heterocycles. The molecule has 1 aliphatic rings. The predicted molar refractivity (Wildman–Crippen MR) is 150 cm³/mol. The van der Waals surface area contributed by atoms with Crippen molar-refractivity contribution in [2.75, 3.05) is 43.9 Å². The normalized spacial score (nSPS) is 14.6. The number of aryl methyl sites for hydroxylation is 1. The maximum Gasteiger partial charge on any atom is 0.416 e. The van der Waals surface area contributed by atoms with Crippen molar-refractivity contribution in [3.63, 3.8) is 0 Å². The van der Waals surface area contributed by atoms with Gasteiger partial charge in [-0.25, -0.2) is 19.9 Å². The lowest BCUT2D eigenvalue weighted by Crippen LogP contribution is -2.44. The lowest BCUT2D eigenvalue weighted by atomic mass is 10.0. The number of nitrogens with one attached hydrogen (secondary N) is 2. The van der Waals surface area contributed by atoms with Crippen LogP contribution in [0.2, 0.25) is 0 Å². The quantitative estimate of drug-likeness (QED) is 0.325. The minimum absolute atomic E-state index is 0.0694. The van der Waals surface area contributed by atoms with Crippen LogP contribution in [0.3, 0.4) is 0 Å². The van der Waals surface area contributed by atoms with Crippen LogP contribution in [0.25, 0.3) is 11.3 Å². The molecule has 9 nitrogen and oxygen atoms in total. The Morgan fingerprint density at radius 1 is 0.951 bits per heavy atom. The van der Waals surface area contributed by atoms with Crippen molar-refractivity contribution in [2.24, 2.45) is 0 Å². The molecular weight excluding hydrogens is 533 g/mol. The number of likely N-dealkylation sites (N-methyl/N-ethyl adjacent to an activating group) is 1. The van der Waals surface area contributed by atoms with E-state index >= 15 is 0 Å². The molecule has 0 spiro atoms. The fourth-order valence-corrected chi connectivity index (χ4v) is 4.56. The Morgan fingerprint density at radius 2 is 1.71 bits per heavy atom. The van der Waals surface area contributed by atoms with Gasteiger partial charge in [0.25, 0.3) is 5.91 Å². The summed E-state index contributed by atoms with van der Waals surface area (Å²) in [6.07, 6.45) is 1.55. The number of amides is 1. The van der Waals surface area contributed by atoms with E-state index in [0.717, 1.165) is 30.3 Å². The highest BCUT2D eigenvalue weighted by atomic mass is 19.4. The van der Waals surface area contributed by atoms with Gasteiger partial charge in [0.05, 0.1) is 11.3 Å². The Hall–Kier alpha value is -4.42. The summed E-state index contributed by atoms with van der Waals surface area (Å²) in [4.78, 5) is 33.7. The fraction of sp³-hybridized carbons (Fsp3) is 0.276. The van der Waals surface area contributed by atoms with Gasteiger partial charge in [-0.05, 0) is 49.4 Å². The van der Waals surface area contributed by atoms with Crippen LogP contribution in [0.4, 0.5) is 30.4 Å². The van der Waals surface area contributed by atoms with Gasteiger partial charge >= 0.3 is 6.18 Å². The van der Waals surface area contributed by atoms with Crippen molar-refractivity contribution in [1.82, 2.24) is 29.7 Å². The molecule has 0 aliphatic carbocycles. The van der Waals surface area contributed by atoms with Gasteiger partial charge in [-0.2, -0.15) is 13.2 Å². The highest BCUT2D eigenvalue weighted by Crippen LogP contribution is 2.34. The van der Waals surface area contributed by atoms with Crippen molar-refractivity contribution in [1.29, 1.82) is 0 Å². The summed E-state index contributed by atoms with van der Waals surface area (Å²) in [6, 6.07) is 10.7. The van der Waals surface area contributed by atoms with E-state index in [1.54, 1.807) is 36.7 Å². The molecule has 41 heavy (non-hydrogen) atoms. The number of nitrogens with zero attached hydrogens (tertiary/aromatic N) is 6. The average Bonchev–Trinajstić information content (AvgIpc) is 2.96. The summed E-state index contributed by atoms with van der Waals surface area (Å²) >= 11 is 0. The predicted octanol–water partition coefficient (Wildman–Crippen LogP) is 5.00. The summed E-state index contributed by atoms with van der Waals surface area (Å²) in [6.45, 7) is 5.05. The number of hydrogen-bond donors (Lipinski definition) is 2. The number of anilines is 3. The number of piperazine rings is 1. The highest BCUT2D eigenvalue weighted by molar-refractivity contribution is 6.04. The number of benzene rings is 2. The Kier molecular flexibility index (Phi) is 8.22. The van der Waals surface area contributed by atoms with Gasteiger partial charge in [0.15, 0.2) is 0 Å². The summed E-state index contributed by atoms with van der Waals surface area (Å²) in [5.74, 6) is -0.124. The molecule has 1 saturated heterocycles. The molecule has 2 N–H and O–H groups in total. The van der Waals surface area contributed by atoms with E-state index in [0.29, 0.717) is 36.0 Å². The third kappa shape index (κ3) is 7.02. The zero-order chi connectivity index (χ0) is 29.0. The first-order valence-electron chi connectivity index (χ1n) is 13.0. The summed E-state index contributed by atoms with van der Waals surface area (Å²) in [7, 11) is 1.99. The zero-order valence-corrected chi connectivity index (χ0v) is 22.6. The number of alkyl halides is 3. The van der Waals surface area contributed by atoms with E-state index in [-0.39, 0.29) is 17.7 Å². The van der Waals surface area contributed by atoms with E-state index in [1.165, 1.54) is 24.8 Å². The third-order valence-corrected chi connectivity index (χ3v) is 6.95. The summed E-state index contributed by atoms with van der Waals surface area (Å²) in [5.41, 5.74) is 2.61. The SMILES string of the molecule is Cc1ccc(NC(=O)c2ccc(CN3CCN(C)CC3)c(C(F)(F)F)c2)cc1Nc1cc(-c2cncnc2)ncn1. The molecule has 1 fully saturated rings. The number of aromatic nitrogens is 4. The molecule has 0 bridgehead atoms. The van der Waals surface area contributed by atoms with Crippen molar-refractivity contribution >= 4 is 23.1 Å². The molecule has 0 atom stereocenters. The first kappa shape index (κ1) is 28.1. The fourth-order valence-electron chi connectivity index (χ4n) is 4.56. The van der Waals surface area contributed by atoms with Crippen LogP contribution in [0.15, 0.2) is 67.5 Å². The smallest absolute Gasteiger partial charge is 0.340 e. The molecule has 2 aromatic carbocycles. The second-order valence-electron chi connectivity index (χ2n) is 9.97. The summed E-state index contributed by atoms with van der Waals surface area (Å²) < 4.78 is 42.0. The largest absolute Gasteiger partial charge is 0.416 e. The zero-order valence-electron chi connectivity index (χ0n) is 22.6. The second kappa shape index (κ2) is 12.0. The standard InChI is InChI=1S/C29H29F3N8O/c1-19-3-6-23(12-25(19)38-27-13-26(35-18-36-27)22-14-33-17-34-15-22)37-28(41)20-4-5-21(24(11-20)29(30,31)32)16-40-9-7-39(2)8-10-40/h3-6,11-15,17-18H,7-10,16H2,1-2H3,(H,37,41)(H,35,36,38). The lowest BCUT2D eigenvalue weighted by Gasteiger charge is -2.33. The van der Waals surface area contributed by atoms with Gasteiger partial charge < -0.3 is 15.5 Å². The van der Waals surface area contributed by atoms with E-state index in [9.17, 15) is 18.0 Å².